The first-order valence-corrected chi connectivity index (χ1v) is 7.13. The molecule has 0 aliphatic carbocycles. The third-order valence-electron chi connectivity index (χ3n) is 2.97. The van der Waals surface area contributed by atoms with Crippen molar-refractivity contribution in [3.05, 3.63) is 57.5 Å². The van der Waals surface area contributed by atoms with Crippen molar-refractivity contribution in [3.63, 3.8) is 0 Å². The maximum atomic E-state index is 12.4. The third kappa shape index (κ3) is 2.15. The van der Waals surface area contributed by atoms with Gasteiger partial charge in [-0.3, -0.25) is 19.5 Å². The normalized spacial score (nSPS) is 15.3. The third-order valence-corrected chi connectivity index (χ3v) is 4.21. The van der Waals surface area contributed by atoms with Crippen molar-refractivity contribution in [1.82, 2.24) is 9.88 Å². The fourth-order valence-corrected chi connectivity index (χ4v) is 3.10. The first kappa shape index (κ1) is 13.0. The highest BCUT2D eigenvalue weighted by Gasteiger charge is 2.38. The molecule has 0 spiro atoms. The molecule has 0 N–H and O–H groups in total. The van der Waals surface area contributed by atoms with Gasteiger partial charge in [0.05, 0.1) is 12.1 Å². The molecule has 0 fully saturated rings. The molecule has 3 heterocycles. The Bertz CT molecular complexity index is 695. The number of hydrogen-bond acceptors (Lipinski definition) is 4. The molecule has 0 bridgehead atoms. The molecule has 0 unspecified atom stereocenters. The van der Waals surface area contributed by atoms with Gasteiger partial charge in [0.2, 0.25) is 0 Å². The van der Waals surface area contributed by atoms with Crippen LogP contribution >= 0.6 is 22.9 Å². The number of carbonyl (C=O) groups excluding carboxylic acids is 2. The SMILES string of the molecule is O=C1C(Cl)=C(c2cccs2)C(=O)N1Cc1ccncc1. The molecule has 1 aliphatic rings. The summed E-state index contributed by atoms with van der Waals surface area (Å²) in [5.74, 6) is -0.795. The zero-order valence-electron chi connectivity index (χ0n) is 10.2. The van der Waals surface area contributed by atoms with Crippen molar-refractivity contribution >= 4 is 40.3 Å². The largest absolute Gasteiger partial charge is 0.273 e. The lowest BCUT2D eigenvalue weighted by Crippen LogP contribution is -2.30. The van der Waals surface area contributed by atoms with Gasteiger partial charge in [0.1, 0.15) is 5.03 Å². The predicted octanol–water partition coefficient (Wildman–Crippen LogP) is 2.66. The van der Waals surface area contributed by atoms with Gasteiger partial charge in [0.25, 0.3) is 11.8 Å². The number of thiophene rings is 1. The summed E-state index contributed by atoms with van der Waals surface area (Å²) >= 11 is 7.42. The molecule has 2 aromatic rings. The first-order chi connectivity index (χ1) is 9.68. The number of hydrogen-bond donors (Lipinski definition) is 0. The van der Waals surface area contributed by atoms with E-state index in [1.807, 2.05) is 11.4 Å². The van der Waals surface area contributed by atoms with Crippen molar-refractivity contribution < 1.29 is 9.59 Å². The first-order valence-electron chi connectivity index (χ1n) is 5.87. The summed E-state index contributed by atoms with van der Waals surface area (Å²) in [6, 6.07) is 7.12. The Morgan fingerprint density at radius 1 is 1.15 bits per heavy atom. The number of pyridine rings is 1. The smallest absolute Gasteiger partial charge is 0.269 e. The summed E-state index contributed by atoms with van der Waals surface area (Å²) in [5, 5.41) is 1.84. The number of nitrogens with zero attached hydrogens (tertiary/aromatic N) is 2. The van der Waals surface area contributed by atoms with Gasteiger partial charge in [-0.05, 0) is 29.1 Å². The molecule has 0 radical (unpaired) electrons. The van der Waals surface area contributed by atoms with Gasteiger partial charge in [-0.15, -0.1) is 11.3 Å². The molecule has 2 amide bonds. The molecule has 100 valence electrons. The van der Waals surface area contributed by atoms with E-state index in [-0.39, 0.29) is 17.5 Å². The fraction of sp³-hybridized carbons (Fsp3) is 0.0714. The van der Waals surface area contributed by atoms with Crippen LogP contribution in [0.2, 0.25) is 0 Å². The van der Waals surface area contributed by atoms with Gasteiger partial charge in [-0.1, -0.05) is 17.7 Å². The Morgan fingerprint density at radius 2 is 1.90 bits per heavy atom. The molecule has 0 atom stereocenters. The number of aromatic nitrogens is 1. The van der Waals surface area contributed by atoms with Crippen LogP contribution in [0.4, 0.5) is 0 Å². The average Bonchev–Trinajstić information content (AvgIpc) is 3.04. The highest BCUT2D eigenvalue weighted by molar-refractivity contribution is 7.11. The van der Waals surface area contributed by atoms with Crippen LogP contribution in [0.15, 0.2) is 47.1 Å². The van der Waals surface area contributed by atoms with E-state index in [4.69, 9.17) is 11.6 Å². The second-order valence-electron chi connectivity index (χ2n) is 4.22. The number of halogens is 1. The van der Waals surface area contributed by atoms with Crippen molar-refractivity contribution in [2.45, 2.75) is 6.54 Å². The summed E-state index contributed by atoms with van der Waals surface area (Å²) in [5.41, 5.74) is 1.12. The molecular formula is C14H9ClN2O2S. The van der Waals surface area contributed by atoms with Gasteiger partial charge < -0.3 is 0 Å². The van der Waals surface area contributed by atoms with Crippen molar-refractivity contribution in [2.24, 2.45) is 0 Å². The van der Waals surface area contributed by atoms with Crippen LogP contribution in [0.25, 0.3) is 5.57 Å². The summed E-state index contributed by atoms with van der Waals surface area (Å²) in [7, 11) is 0. The van der Waals surface area contributed by atoms with Gasteiger partial charge >= 0.3 is 0 Å². The zero-order chi connectivity index (χ0) is 14.1. The molecule has 6 heteroatoms. The highest BCUT2D eigenvalue weighted by atomic mass is 35.5. The van der Waals surface area contributed by atoms with E-state index < -0.39 is 5.91 Å². The summed E-state index contributed by atoms with van der Waals surface area (Å²) in [6.07, 6.45) is 3.24. The van der Waals surface area contributed by atoms with Crippen LogP contribution in [0.5, 0.6) is 0 Å². The molecule has 0 saturated carbocycles. The van der Waals surface area contributed by atoms with E-state index in [0.717, 1.165) is 10.5 Å². The molecule has 1 aliphatic heterocycles. The van der Waals surface area contributed by atoms with E-state index in [1.54, 1.807) is 30.6 Å². The van der Waals surface area contributed by atoms with Crippen LogP contribution in [-0.4, -0.2) is 21.7 Å². The van der Waals surface area contributed by atoms with Gasteiger partial charge in [-0.25, -0.2) is 0 Å². The zero-order valence-corrected chi connectivity index (χ0v) is 11.8. The quantitative estimate of drug-likeness (QED) is 0.819. The van der Waals surface area contributed by atoms with Gasteiger partial charge in [0, 0.05) is 17.3 Å². The van der Waals surface area contributed by atoms with Crippen LogP contribution in [0.3, 0.4) is 0 Å². The minimum Gasteiger partial charge on any atom is -0.269 e. The Labute approximate surface area is 124 Å². The van der Waals surface area contributed by atoms with E-state index >= 15 is 0 Å². The highest BCUT2D eigenvalue weighted by Crippen LogP contribution is 2.34. The lowest BCUT2D eigenvalue weighted by atomic mass is 10.2. The summed E-state index contributed by atoms with van der Waals surface area (Å²) in [4.78, 5) is 30.3. The molecule has 20 heavy (non-hydrogen) atoms. The van der Waals surface area contributed by atoms with Crippen molar-refractivity contribution in [2.75, 3.05) is 0 Å². The maximum Gasteiger partial charge on any atom is 0.273 e. The summed E-state index contributed by atoms with van der Waals surface area (Å²) in [6.45, 7) is 0.200. The Kier molecular flexibility index (Phi) is 3.38. The number of imide groups is 1. The van der Waals surface area contributed by atoms with Crippen LogP contribution in [0.1, 0.15) is 10.4 Å². The number of carbonyl (C=O) groups is 2. The minimum atomic E-state index is -0.447. The lowest BCUT2D eigenvalue weighted by Gasteiger charge is -2.14. The van der Waals surface area contributed by atoms with E-state index in [9.17, 15) is 9.59 Å². The number of rotatable bonds is 3. The van der Waals surface area contributed by atoms with E-state index in [0.29, 0.717) is 10.5 Å². The van der Waals surface area contributed by atoms with Crippen LogP contribution in [0, 0.1) is 0 Å². The minimum absolute atomic E-state index is 0.00786. The Morgan fingerprint density at radius 3 is 2.55 bits per heavy atom. The molecule has 2 aromatic heterocycles. The second-order valence-corrected chi connectivity index (χ2v) is 5.54. The van der Waals surface area contributed by atoms with Crippen LogP contribution < -0.4 is 0 Å². The maximum absolute atomic E-state index is 12.4. The van der Waals surface area contributed by atoms with Gasteiger partial charge in [-0.2, -0.15) is 0 Å². The Hall–Kier alpha value is -1.98. The predicted molar refractivity (Wildman–Crippen MR) is 76.9 cm³/mol. The summed E-state index contributed by atoms with van der Waals surface area (Å²) < 4.78 is 0. The second kappa shape index (κ2) is 5.19. The molecule has 0 saturated heterocycles. The fourth-order valence-electron chi connectivity index (χ4n) is 2.00. The van der Waals surface area contributed by atoms with Crippen molar-refractivity contribution in [1.29, 1.82) is 0 Å². The van der Waals surface area contributed by atoms with Crippen LogP contribution in [-0.2, 0) is 16.1 Å². The Balaban J connectivity index is 1.91. The van der Waals surface area contributed by atoms with Gasteiger partial charge in [0.15, 0.2) is 0 Å². The van der Waals surface area contributed by atoms with E-state index in [1.165, 1.54) is 11.3 Å². The average molecular weight is 305 g/mol. The number of amides is 2. The monoisotopic (exact) mass is 304 g/mol. The lowest BCUT2D eigenvalue weighted by molar-refractivity contribution is -0.137. The molecule has 3 rings (SSSR count). The van der Waals surface area contributed by atoms with Crippen molar-refractivity contribution in [3.8, 4) is 0 Å². The molecular weight excluding hydrogens is 296 g/mol. The molecule has 4 nitrogen and oxygen atoms in total. The molecule has 0 aromatic carbocycles. The standard InChI is InChI=1S/C14H9ClN2O2S/c15-12-11(10-2-1-7-20-10)13(18)17(14(12)19)8-9-3-5-16-6-4-9/h1-7H,8H2. The topological polar surface area (TPSA) is 50.3 Å². The van der Waals surface area contributed by atoms with E-state index in [2.05, 4.69) is 4.98 Å².